The molecule has 23 heavy (non-hydrogen) atoms. The Kier molecular flexibility index (Phi) is 5.76. The van der Waals surface area contributed by atoms with Crippen LogP contribution < -0.4 is 4.74 Å². The minimum atomic E-state index is -5.36. The van der Waals surface area contributed by atoms with Gasteiger partial charge in [0.15, 0.2) is 11.4 Å². The van der Waals surface area contributed by atoms with Crippen LogP contribution in [0, 0.1) is 10.1 Å². The van der Waals surface area contributed by atoms with Crippen molar-refractivity contribution in [2.24, 2.45) is 0 Å². The largest absolute Gasteiger partial charge is 0.573 e. The first-order chi connectivity index (χ1) is 10.5. The highest BCUT2D eigenvalue weighted by Crippen LogP contribution is 2.37. The Balaban J connectivity index is 3.44. The van der Waals surface area contributed by atoms with Gasteiger partial charge in [0.2, 0.25) is 0 Å². The zero-order valence-corrected chi connectivity index (χ0v) is 11.4. The molecule has 128 valence electrons. The lowest BCUT2D eigenvalue weighted by molar-refractivity contribution is -0.389. The van der Waals surface area contributed by atoms with Gasteiger partial charge in [-0.15, -0.1) is 13.2 Å². The third kappa shape index (κ3) is 5.30. The van der Waals surface area contributed by atoms with Crippen molar-refractivity contribution in [2.45, 2.75) is 26.1 Å². The minimum Gasteiger partial charge on any atom is -0.466 e. The quantitative estimate of drug-likeness (QED) is 0.341. The number of hydrogen-bond acceptors (Lipinski definition) is 6. The highest BCUT2D eigenvalue weighted by atomic mass is 19.4. The molecular formula is C11H9F5N2O5. The molecule has 0 N–H and O–H groups in total. The average molecular weight is 344 g/mol. The maximum Gasteiger partial charge on any atom is 0.573 e. The van der Waals surface area contributed by atoms with E-state index in [0.29, 0.717) is 0 Å². The van der Waals surface area contributed by atoms with Crippen LogP contribution in [0.3, 0.4) is 0 Å². The van der Waals surface area contributed by atoms with Crippen molar-refractivity contribution in [3.05, 3.63) is 27.4 Å². The number of carbonyl (C=O) groups is 1. The van der Waals surface area contributed by atoms with Crippen LogP contribution in [-0.4, -0.2) is 28.8 Å². The normalized spacial score (nSPS) is 11.4. The molecule has 0 saturated heterocycles. The van der Waals surface area contributed by atoms with Crippen molar-refractivity contribution in [1.29, 1.82) is 0 Å². The molecule has 0 aliphatic heterocycles. The molecule has 0 unspecified atom stereocenters. The Morgan fingerprint density at radius 1 is 1.43 bits per heavy atom. The number of hydrogen-bond donors (Lipinski definition) is 0. The molecular weight excluding hydrogens is 335 g/mol. The molecule has 12 heteroatoms. The van der Waals surface area contributed by atoms with E-state index in [2.05, 4.69) is 14.5 Å². The highest BCUT2D eigenvalue weighted by Gasteiger charge is 2.37. The van der Waals surface area contributed by atoms with E-state index in [4.69, 9.17) is 0 Å². The molecule has 0 atom stereocenters. The van der Waals surface area contributed by atoms with Crippen molar-refractivity contribution >= 4 is 11.8 Å². The molecule has 1 heterocycles. The standard InChI is InChI=1S/C11H9F5N2O5/c1-2-22-8(19)3-5-9(10(12)13)6(23-11(14,15)16)4-7(17-5)18(20)21/h4,10H,2-3H2,1H3. The molecule has 0 saturated carbocycles. The number of carbonyl (C=O) groups excluding carboxylic acids is 1. The summed E-state index contributed by atoms with van der Waals surface area (Å²) in [5.74, 6) is -3.75. The predicted molar refractivity (Wildman–Crippen MR) is 62.9 cm³/mol. The van der Waals surface area contributed by atoms with Gasteiger partial charge in [0.25, 0.3) is 6.43 Å². The van der Waals surface area contributed by atoms with Crippen LogP contribution in [0.15, 0.2) is 6.07 Å². The van der Waals surface area contributed by atoms with Crippen molar-refractivity contribution in [3.8, 4) is 5.75 Å². The number of pyridine rings is 1. The molecule has 0 aromatic carbocycles. The second kappa shape index (κ2) is 7.15. The zero-order valence-electron chi connectivity index (χ0n) is 11.4. The van der Waals surface area contributed by atoms with Gasteiger partial charge in [-0.25, -0.2) is 8.78 Å². The van der Waals surface area contributed by atoms with E-state index in [1.807, 2.05) is 0 Å². The lowest BCUT2D eigenvalue weighted by Crippen LogP contribution is -2.20. The summed E-state index contributed by atoms with van der Waals surface area (Å²) in [6.07, 6.45) is -9.84. The van der Waals surface area contributed by atoms with Crippen molar-refractivity contribution in [2.75, 3.05) is 6.61 Å². The van der Waals surface area contributed by atoms with E-state index >= 15 is 0 Å². The maximum atomic E-state index is 13.0. The zero-order chi connectivity index (χ0) is 17.8. The summed E-state index contributed by atoms with van der Waals surface area (Å²) in [7, 11) is 0. The molecule has 1 aromatic heterocycles. The van der Waals surface area contributed by atoms with Crippen molar-refractivity contribution in [1.82, 2.24) is 4.98 Å². The molecule has 1 rings (SSSR count). The number of esters is 1. The van der Waals surface area contributed by atoms with Crippen LogP contribution in [0.4, 0.5) is 27.8 Å². The van der Waals surface area contributed by atoms with Crippen LogP contribution in [0.1, 0.15) is 24.6 Å². The fourth-order valence-corrected chi connectivity index (χ4v) is 1.59. The molecule has 0 fully saturated rings. The van der Waals surface area contributed by atoms with E-state index in [0.717, 1.165) is 0 Å². The molecule has 0 radical (unpaired) electrons. The van der Waals surface area contributed by atoms with Gasteiger partial charge in [0.05, 0.1) is 12.7 Å². The van der Waals surface area contributed by atoms with Crippen LogP contribution in [-0.2, 0) is 16.0 Å². The Bertz CT molecular complexity index is 605. The van der Waals surface area contributed by atoms with Crippen molar-refractivity contribution < 1.29 is 41.1 Å². The molecule has 0 amide bonds. The smallest absolute Gasteiger partial charge is 0.466 e. The molecule has 1 aromatic rings. The number of rotatable bonds is 6. The number of nitrogens with zero attached hydrogens (tertiary/aromatic N) is 2. The Morgan fingerprint density at radius 3 is 2.48 bits per heavy atom. The summed E-state index contributed by atoms with van der Waals surface area (Å²) in [5, 5.41) is 10.7. The highest BCUT2D eigenvalue weighted by molar-refractivity contribution is 5.73. The van der Waals surface area contributed by atoms with E-state index in [1.54, 1.807) is 0 Å². The fraction of sp³-hybridized carbons (Fsp3) is 0.455. The Hall–Kier alpha value is -2.53. The van der Waals surface area contributed by atoms with Gasteiger partial charge in [-0.3, -0.25) is 4.79 Å². The predicted octanol–water partition coefficient (Wildman–Crippen LogP) is 2.93. The fourth-order valence-electron chi connectivity index (χ4n) is 1.59. The number of halogens is 5. The van der Waals surface area contributed by atoms with Gasteiger partial charge in [-0.1, -0.05) is 0 Å². The third-order valence-electron chi connectivity index (χ3n) is 2.33. The monoisotopic (exact) mass is 344 g/mol. The van der Waals surface area contributed by atoms with E-state index < -0.39 is 52.9 Å². The number of nitro groups is 1. The number of alkyl halides is 5. The summed E-state index contributed by atoms with van der Waals surface area (Å²) >= 11 is 0. The maximum absolute atomic E-state index is 13.0. The molecule has 0 aliphatic carbocycles. The SMILES string of the molecule is CCOC(=O)Cc1nc([N+](=O)[O-])cc(OC(F)(F)F)c1C(F)F. The van der Waals surface area contributed by atoms with Crippen LogP contribution >= 0.6 is 0 Å². The van der Waals surface area contributed by atoms with Crippen LogP contribution in [0.5, 0.6) is 5.75 Å². The second-order valence-corrected chi connectivity index (χ2v) is 3.93. The summed E-state index contributed by atoms with van der Waals surface area (Å²) in [4.78, 5) is 24.0. The van der Waals surface area contributed by atoms with E-state index in [-0.39, 0.29) is 12.7 Å². The van der Waals surface area contributed by atoms with Crippen LogP contribution in [0.2, 0.25) is 0 Å². The Morgan fingerprint density at radius 2 is 2.04 bits per heavy atom. The van der Waals surface area contributed by atoms with Crippen LogP contribution in [0.25, 0.3) is 0 Å². The number of aromatic nitrogens is 1. The second-order valence-electron chi connectivity index (χ2n) is 3.93. The minimum absolute atomic E-state index is 0.115. The van der Waals surface area contributed by atoms with E-state index in [9.17, 15) is 36.9 Å². The molecule has 0 spiro atoms. The van der Waals surface area contributed by atoms with Gasteiger partial charge in [-0.05, 0) is 16.8 Å². The summed E-state index contributed by atoms with van der Waals surface area (Å²) in [6, 6.07) is 0.115. The lowest BCUT2D eigenvalue weighted by Gasteiger charge is -2.13. The first-order valence-corrected chi connectivity index (χ1v) is 5.92. The van der Waals surface area contributed by atoms with E-state index in [1.165, 1.54) is 6.92 Å². The topological polar surface area (TPSA) is 91.6 Å². The summed E-state index contributed by atoms with van der Waals surface area (Å²) in [6.45, 7) is 1.29. The number of ether oxygens (including phenoxy) is 2. The van der Waals surface area contributed by atoms with Gasteiger partial charge >= 0.3 is 18.1 Å². The Labute approximate surface area is 125 Å². The first-order valence-electron chi connectivity index (χ1n) is 5.92. The van der Waals surface area contributed by atoms with Gasteiger partial charge in [0, 0.05) is 0 Å². The summed E-state index contributed by atoms with van der Waals surface area (Å²) < 4.78 is 70.8. The molecule has 7 nitrogen and oxygen atoms in total. The lowest BCUT2D eigenvalue weighted by atomic mass is 10.1. The average Bonchev–Trinajstić information content (AvgIpc) is 2.35. The van der Waals surface area contributed by atoms with Gasteiger partial charge < -0.3 is 19.6 Å². The first kappa shape index (κ1) is 18.5. The van der Waals surface area contributed by atoms with Gasteiger partial charge in [-0.2, -0.15) is 0 Å². The van der Waals surface area contributed by atoms with Gasteiger partial charge in [0.1, 0.15) is 12.0 Å². The molecule has 0 bridgehead atoms. The molecule has 0 aliphatic rings. The van der Waals surface area contributed by atoms with Crippen molar-refractivity contribution in [3.63, 3.8) is 0 Å². The third-order valence-corrected chi connectivity index (χ3v) is 2.33. The summed E-state index contributed by atoms with van der Waals surface area (Å²) in [5.41, 5.74) is -2.28.